The number of nitrogens with one attached hydrogen (secondary N) is 1. The minimum Gasteiger partial charge on any atom is -0.378 e. The van der Waals surface area contributed by atoms with Gasteiger partial charge in [-0.1, -0.05) is 11.6 Å². The molecule has 0 atom stereocenters. The highest BCUT2D eigenvalue weighted by molar-refractivity contribution is 6.33. The molecule has 0 radical (unpaired) electrons. The number of nitrogens with zero attached hydrogens (tertiary/aromatic N) is 2. The van der Waals surface area contributed by atoms with Crippen LogP contribution in [0.15, 0.2) is 23.3 Å². The summed E-state index contributed by atoms with van der Waals surface area (Å²) in [6.07, 6.45) is 1.44. The number of rotatable bonds is 3. The van der Waals surface area contributed by atoms with Crippen molar-refractivity contribution in [1.82, 2.24) is 5.43 Å². The molecular weight excluding hydrogens is 228 g/mol. The summed E-state index contributed by atoms with van der Waals surface area (Å²) in [7, 11) is 3.85. The quantitative estimate of drug-likeness (QED) is 0.620. The summed E-state index contributed by atoms with van der Waals surface area (Å²) < 4.78 is 0. The smallest absolute Gasteiger partial charge is 0.332 e. The third-order valence-corrected chi connectivity index (χ3v) is 2.21. The number of primary amides is 1. The van der Waals surface area contributed by atoms with E-state index in [4.69, 9.17) is 17.3 Å². The van der Waals surface area contributed by atoms with Gasteiger partial charge in [0.05, 0.1) is 11.2 Å². The number of urea groups is 1. The lowest BCUT2D eigenvalue weighted by Crippen LogP contribution is -2.24. The molecule has 1 aromatic rings. The number of amides is 2. The molecule has 0 aromatic heterocycles. The fourth-order valence-corrected chi connectivity index (χ4v) is 1.29. The van der Waals surface area contributed by atoms with Crippen LogP contribution in [-0.4, -0.2) is 26.3 Å². The Hall–Kier alpha value is -1.75. The van der Waals surface area contributed by atoms with Crippen LogP contribution in [0.2, 0.25) is 5.02 Å². The fourth-order valence-electron chi connectivity index (χ4n) is 1.06. The van der Waals surface area contributed by atoms with Crippen molar-refractivity contribution in [3.8, 4) is 0 Å². The van der Waals surface area contributed by atoms with Crippen LogP contribution in [-0.2, 0) is 0 Å². The highest BCUT2D eigenvalue weighted by Gasteiger charge is 2.01. The first-order valence-electron chi connectivity index (χ1n) is 4.56. The molecule has 0 saturated heterocycles. The maximum Gasteiger partial charge on any atom is 0.332 e. The number of hydrogen-bond donors (Lipinski definition) is 2. The van der Waals surface area contributed by atoms with E-state index in [-0.39, 0.29) is 0 Å². The number of anilines is 1. The van der Waals surface area contributed by atoms with Crippen molar-refractivity contribution in [1.29, 1.82) is 0 Å². The number of hydrazone groups is 1. The van der Waals surface area contributed by atoms with Gasteiger partial charge in [-0.3, -0.25) is 0 Å². The van der Waals surface area contributed by atoms with E-state index >= 15 is 0 Å². The zero-order valence-electron chi connectivity index (χ0n) is 9.07. The van der Waals surface area contributed by atoms with Gasteiger partial charge in [-0.05, 0) is 18.2 Å². The van der Waals surface area contributed by atoms with Gasteiger partial charge in [0.15, 0.2) is 0 Å². The van der Waals surface area contributed by atoms with Crippen molar-refractivity contribution in [2.24, 2.45) is 10.8 Å². The van der Waals surface area contributed by atoms with Gasteiger partial charge >= 0.3 is 6.03 Å². The molecule has 5 nitrogen and oxygen atoms in total. The summed E-state index contributed by atoms with van der Waals surface area (Å²) in [4.78, 5) is 12.3. The second-order valence-electron chi connectivity index (χ2n) is 3.33. The molecule has 16 heavy (non-hydrogen) atoms. The number of nitrogens with two attached hydrogens (primary N) is 1. The zero-order chi connectivity index (χ0) is 12.1. The molecule has 86 valence electrons. The molecule has 0 aliphatic carbocycles. The lowest BCUT2D eigenvalue weighted by molar-refractivity contribution is 0.249. The number of benzene rings is 1. The van der Waals surface area contributed by atoms with E-state index in [1.807, 2.05) is 37.2 Å². The van der Waals surface area contributed by atoms with Crippen LogP contribution in [0.25, 0.3) is 0 Å². The van der Waals surface area contributed by atoms with E-state index in [1.54, 1.807) is 0 Å². The summed E-state index contributed by atoms with van der Waals surface area (Å²) in [6, 6.07) is 4.81. The molecule has 0 saturated carbocycles. The highest BCUT2D eigenvalue weighted by atomic mass is 35.5. The van der Waals surface area contributed by atoms with Gasteiger partial charge in [-0.2, -0.15) is 5.10 Å². The summed E-state index contributed by atoms with van der Waals surface area (Å²) >= 11 is 6.03. The summed E-state index contributed by atoms with van der Waals surface area (Å²) in [5.74, 6) is 0. The van der Waals surface area contributed by atoms with Gasteiger partial charge < -0.3 is 10.6 Å². The molecule has 1 rings (SSSR count). The number of halogens is 1. The number of carbonyl (C=O) groups excluding carboxylic acids is 1. The monoisotopic (exact) mass is 240 g/mol. The van der Waals surface area contributed by atoms with E-state index in [0.29, 0.717) is 10.6 Å². The van der Waals surface area contributed by atoms with Gasteiger partial charge in [0.2, 0.25) is 0 Å². The van der Waals surface area contributed by atoms with Gasteiger partial charge in [0.25, 0.3) is 0 Å². The predicted octanol–water partition coefficient (Wildman–Crippen LogP) is 1.41. The summed E-state index contributed by atoms with van der Waals surface area (Å²) in [6.45, 7) is 0. The molecule has 0 bridgehead atoms. The molecule has 0 unspecified atom stereocenters. The molecule has 2 amide bonds. The predicted molar refractivity (Wildman–Crippen MR) is 66.1 cm³/mol. The third-order valence-electron chi connectivity index (χ3n) is 1.88. The van der Waals surface area contributed by atoms with Crippen LogP contribution in [0.1, 0.15) is 5.56 Å². The van der Waals surface area contributed by atoms with E-state index in [0.717, 1.165) is 5.69 Å². The minimum absolute atomic E-state index is 0.557. The van der Waals surface area contributed by atoms with Gasteiger partial charge in [0, 0.05) is 25.3 Å². The lowest BCUT2D eigenvalue weighted by Gasteiger charge is -2.12. The molecule has 0 spiro atoms. The second kappa shape index (κ2) is 5.37. The van der Waals surface area contributed by atoms with Gasteiger partial charge in [-0.25, -0.2) is 10.2 Å². The first-order chi connectivity index (χ1) is 7.50. The molecule has 0 fully saturated rings. The molecule has 0 aliphatic rings. The Bertz CT molecular complexity index is 417. The largest absolute Gasteiger partial charge is 0.378 e. The Labute approximate surface area is 98.9 Å². The number of hydrogen-bond acceptors (Lipinski definition) is 3. The minimum atomic E-state index is -0.711. The first kappa shape index (κ1) is 12.3. The molecular formula is C10H13ClN4O. The SMILES string of the molecule is CN(C)c1ccc(C=NNC(N)=O)c(Cl)c1. The van der Waals surface area contributed by atoms with E-state index in [1.165, 1.54) is 6.21 Å². The van der Waals surface area contributed by atoms with Crippen molar-refractivity contribution in [2.45, 2.75) is 0 Å². The fraction of sp³-hybridized carbons (Fsp3) is 0.200. The summed E-state index contributed by atoms with van der Waals surface area (Å²) in [5, 5.41) is 4.19. The molecule has 0 aliphatic heterocycles. The molecule has 3 N–H and O–H groups in total. The Kier molecular flexibility index (Phi) is 4.13. The summed E-state index contributed by atoms with van der Waals surface area (Å²) in [5.41, 5.74) is 8.65. The van der Waals surface area contributed by atoms with Crippen molar-refractivity contribution in [3.05, 3.63) is 28.8 Å². The normalized spacial score (nSPS) is 10.4. The van der Waals surface area contributed by atoms with Gasteiger partial charge in [0.1, 0.15) is 0 Å². The van der Waals surface area contributed by atoms with Crippen LogP contribution in [0.5, 0.6) is 0 Å². The molecule has 1 aromatic carbocycles. The maximum absolute atomic E-state index is 10.4. The average molecular weight is 241 g/mol. The number of carbonyl (C=O) groups is 1. The van der Waals surface area contributed by atoms with E-state index in [9.17, 15) is 4.79 Å². The van der Waals surface area contributed by atoms with Crippen LogP contribution in [0.4, 0.5) is 10.5 Å². The maximum atomic E-state index is 10.4. The van der Waals surface area contributed by atoms with Crippen LogP contribution < -0.4 is 16.1 Å². The third kappa shape index (κ3) is 3.43. The zero-order valence-corrected chi connectivity index (χ0v) is 9.82. The van der Waals surface area contributed by atoms with E-state index in [2.05, 4.69) is 10.5 Å². The Morgan fingerprint density at radius 2 is 2.25 bits per heavy atom. The second-order valence-corrected chi connectivity index (χ2v) is 3.74. The van der Waals surface area contributed by atoms with Crippen LogP contribution >= 0.6 is 11.6 Å². The van der Waals surface area contributed by atoms with Crippen molar-refractivity contribution < 1.29 is 4.79 Å². The Morgan fingerprint density at radius 1 is 1.56 bits per heavy atom. The molecule has 0 heterocycles. The Balaban J connectivity index is 2.83. The van der Waals surface area contributed by atoms with Gasteiger partial charge in [-0.15, -0.1) is 0 Å². The standard InChI is InChI=1S/C10H13ClN4O/c1-15(2)8-4-3-7(9(11)5-8)6-13-14-10(12)16/h3-6H,1-2H3,(H3,12,14,16). The van der Waals surface area contributed by atoms with Crippen molar-refractivity contribution in [3.63, 3.8) is 0 Å². The lowest BCUT2D eigenvalue weighted by atomic mass is 10.2. The van der Waals surface area contributed by atoms with Crippen LogP contribution in [0.3, 0.4) is 0 Å². The first-order valence-corrected chi connectivity index (χ1v) is 4.94. The highest BCUT2D eigenvalue weighted by Crippen LogP contribution is 2.21. The van der Waals surface area contributed by atoms with E-state index < -0.39 is 6.03 Å². The van der Waals surface area contributed by atoms with Crippen LogP contribution in [0, 0.1) is 0 Å². The topological polar surface area (TPSA) is 70.7 Å². The average Bonchev–Trinajstić information content (AvgIpc) is 2.19. The molecule has 6 heteroatoms. The van der Waals surface area contributed by atoms with Crippen molar-refractivity contribution >= 4 is 29.5 Å². The van der Waals surface area contributed by atoms with Crippen molar-refractivity contribution in [2.75, 3.05) is 19.0 Å². The Morgan fingerprint density at radius 3 is 2.75 bits per heavy atom.